The maximum atomic E-state index is 12.6. The first-order valence-corrected chi connectivity index (χ1v) is 14.8. The van der Waals surface area contributed by atoms with Crippen LogP contribution in [-0.2, 0) is 40.6 Å². The van der Waals surface area contributed by atoms with Crippen LogP contribution < -0.4 is 18.9 Å². The van der Waals surface area contributed by atoms with Crippen molar-refractivity contribution in [1.29, 1.82) is 0 Å². The van der Waals surface area contributed by atoms with E-state index >= 15 is 0 Å². The number of unbranched alkanes of at least 4 members (excludes halogenated alkanes) is 1. The van der Waals surface area contributed by atoms with Gasteiger partial charge in [-0.1, -0.05) is 13.8 Å². The van der Waals surface area contributed by atoms with Crippen molar-refractivity contribution >= 4 is 17.8 Å². The molecule has 0 aliphatic carbocycles. The molecule has 2 aliphatic rings. The minimum absolute atomic E-state index is 0.0438. The quantitative estimate of drug-likeness (QED) is 0.201. The Balaban J connectivity index is 1.25. The van der Waals surface area contributed by atoms with Gasteiger partial charge >= 0.3 is 5.97 Å². The van der Waals surface area contributed by atoms with Gasteiger partial charge in [0.2, 0.25) is 11.8 Å². The number of hydrogen-bond acceptors (Lipinski definition) is 9. The molecule has 2 amide bonds. The summed E-state index contributed by atoms with van der Waals surface area (Å²) < 4.78 is 23.1. The fourth-order valence-electron chi connectivity index (χ4n) is 5.27. The maximum absolute atomic E-state index is 12.6. The van der Waals surface area contributed by atoms with Gasteiger partial charge in [-0.3, -0.25) is 14.4 Å². The largest absolute Gasteiger partial charge is 0.493 e. The molecule has 2 atom stereocenters. The summed E-state index contributed by atoms with van der Waals surface area (Å²) in [6.07, 6.45) is -0.101. The molecule has 12 nitrogen and oxygen atoms in total. The zero-order valence-corrected chi connectivity index (χ0v) is 25.7. The Hall–Kier alpha value is -4.03. The number of fused-ring (bicyclic) bond motifs is 2. The summed E-state index contributed by atoms with van der Waals surface area (Å²) in [4.78, 5) is 39.7. The Morgan fingerprint density at radius 3 is 1.45 bits per heavy atom. The summed E-state index contributed by atoms with van der Waals surface area (Å²) in [6, 6.07) is 7.53. The Kier molecular flexibility index (Phi) is 10.9. The molecule has 0 saturated heterocycles. The van der Waals surface area contributed by atoms with E-state index in [2.05, 4.69) is 0 Å². The highest BCUT2D eigenvalue weighted by Crippen LogP contribution is 2.37. The van der Waals surface area contributed by atoms with Gasteiger partial charge in [-0.15, -0.1) is 0 Å². The highest BCUT2D eigenvalue weighted by molar-refractivity contribution is 5.82. The molecule has 0 saturated carbocycles. The second kappa shape index (κ2) is 14.6. The standard InChI is InChI=1S/C32H42N2O10/c1-19(31(37)38)9-29(35)33-15-21-11-25(41-3)27(13-23(21)17-33)43-7-5-6-8-44-28-14-24-18-34(16-22(24)12-26(28)42-4)30(36)10-20(2)32(39)40/h11-14,19-20,31,37-38H,5-10,15-18H2,1-4H3,(H,39,40)/t19-,20-/m0/s1. The second-order valence-corrected chi connectivity index (χ2v) is 11.5. The van der Waals surface area contributed by atoms with Crippen molar-refractivity contribution in [2.24, 2.45) is 11.8 Å². The lowest BCUT2D eigenvalue weighted by Gasteiger charge is -2.19. The average Bonchev–Trinajstić information content (AvgIpc) is 3.61. The molecule has 0 aromatic heterocycles. The zero-order valence-electron chi connectivity index (χ0n) is 25.7. The number of amides is 2. The molecule has 44 heavy (non-hydrogen) atoms. The number of aliphatic carboxylic acids is 1. The number of carboxylic acids is 1. The van der Waals surface area contributed by atoms with E-state index < -0.39 is 24.1 Å². The van der Waals surface area contributed by atoms with Crippen LogP contribution >= 0.6 is 0 Å². The van der Waals surface area contributed by atoms with Crippen molar-refractivity contribution < 1.29 is 48.7 Å². The molecule has 2 aromatic rings. The lowest BCUT2D eigenvalue weighted by Crippen LogP contribution is -2.30. The molecular weight excluding hydrogens is 572 g/mol. The molecule has 0 fully saturated rings. The predicted molar refractivity (Wildman–Crippen MR) is 158 cm³/mol. The molecule has 4 rings (SSSR count). The predicted octanol–water partition coefficient (Wildman–Crippen LogP) is 3.07. The van der Waals surface area contributed by atoms with Gasteiger partial charge in [0.05, 0.1) is 33.4 Å². The number of methoxy groups -OCH3 is 2. The van der Waals surface area contributed by atoms with Crippen molar-refractivity contribution in [2.45, 2.75) is 72.0 Å². The topological polar surface area (TPSA) is 155 Å². The fourth-order valence-corrected chi connectivity index (χ4v) is 5.27. The second-order valence-electron chi connectivity index (χ2n) is 11.5. The van der Waals surface area contributed by atoms with Crippen molar-refractivity contribution in [3.8, 4) is 23.0 Å². The molecule has 240 valence electrons. The molecule has 0 bridgehead atoms. The van der Waals surface area contributed by atoms with Gasteiger partial charge < -0.3 is 44.1 Å². The number of carbonyl (C=O) groups excluding carboxylic acids is 2. The van der Waals surface area contributed by atoms with Crippen LogP contribution in [0.15, 0.2) is 24.3 Å². The number of aliphatic hydroxyl groups is 2. The Morgan fingerprint density at radius 1 is 0.705 bits per heavy atom. The number of carboxylic acid groups (broad SMARTS) is 1. The van der Waals surface area contributed by atoms with Crippen molar-refractivity contribution in [1.82, 2.24) is 9.80 Å². The van der Waals surface area contributed by atoms with Crippen LogP contribution in [0.1, 0.15) is 61.8 Å². The third kappa shape index (κ3) is 7.92. The van der Waals surface area contributed by atoms with Gasteiger partial charge in [0, 0.05) is 44.9 Å². The lowest BCUT2D eigenvalue weighted by molar-refractivity contribution is -0.145. The van der Waals surface area contributed by atoms with Crippen LogP contribution in [0.2, 0.25) is 0 Å². The first kappa shape index (κ1) is 32.9. The molecule has 3 N–H and O–H groups in total. The van der Waals surface area contributed by atoms with Crippen LogP contribution in [0.4, 0.5) is 0 Å². The maximum Gasteiger partial charge on any atom is 0.306 e. The van der Waals surface area contributed by atoms with Gasteiger partial charge in [0.15, 0.2) is 29.3 Å². The highest BCUT2D eigenvalue weighted by atomic mass is 16.5. The number of rotatable bonds is 15. The van der Waals surface area contributed by atoms with E-state index in [1.54, 1.807) is 30.9 Å². The first-order chi connectivity index (χ1) is 21.0. The Labute approximate surface area is 257 Å². The number of nitrogens with zero attached hydrogens (tertiary/aromatic N) is 2. The normalized spacial score (nSPS) is 15.1. The van der Waals surface area contributed by atoms with Crippen molar-refractivity contribution in [2.75, 3.05) is 27.4 Å². The van der Waals surface area contributed by atoms with E-state index in [0.29, 0.717) is 75.2 Å². The molecule has 12 heteroatoms. The van der Waals surface area contributed by atoms with Crippen LogP contribution in [0, 0.1) is 11.8 Å². The van der Waals surface area contributed by atoms with Crippen LogP contribution in [-0.4, -0.2) is 76.6 Å². The van der Waals surface area contributed by atoms with Crippen molar-refractivity contribution in [3.05, 3.63) is 46.5 Å². The molecule has 2 aliphatic heterocycles. The van der Waals surface area contributed by atoms with E-state index in [0.717, 1.165) is 22.3 Å². The monoisotopic (exact) mass is 614 g/mol. The van der Waals surface area contributed by atoms with Gasteiger partial charge in [-0.2, -0.15) is 0 Å². The molecular formula is C32H42N2O10. The number of benzene rings is 2. The average molecular weight is 615 g/mol. The summed E-state index contributed by atoms with van der Waals surface area (Å²) in [5.74, 6) is -0.272. The third-order valence-electron chi connectivity index (χ3n) is 8.08. The van der Waals surface area contributed by atoms with E-state index in [-0.39, 0.29) is 24.7 Å². The van der Waals surface area contributed by atoms with E-state index in [1.807, 2.05) is 24.3 Å². The Bertz CT molecular complexity index is 1360. The summed E-state index contributed by atoms with van der Waals surface area (Å²) in [7, 11) is 3.13. The van der Waals surface area contributed by atoms with E-state index in [4.69, 9.17) is 24.1 Å². The minimum Gasteiger partial charge on any atom is -0.493 e. The van der Waals surface area contributed by atoms with Gasteiger partial charge in [-0.05, 0) is 59.4 Å². The van der Waals surface area contributed by atoms with Gasteiger partial charge in [0.1, 0.15) is 0 Å². The van der Waals surface area contributed by atoms with E-state index in [1.165, 1.54) is 6.92 Å². The SMILES string of the molecule is COc1cc2c(cc1OCCCCOc1cc3c(cc1OC)CN(C(=O)C[C@H](C)C(O)O)C3)CN(C(=O)C[C@H](C)C(=O)O)C2. The van der Waals surface area contributed by atoms with Gasteiger partial charge in [-0.25, -0.2) is 0 Å². The van der Waals surface area contributed by atoms with Crippen molar-refractivity contribution in [3.63, 3.8) is 0 Å². The number of carbonyl (C=O) groups is 3. The fraction of sp³-hybridized carbons (Fsp3) is 0.531. The smallest absolute Gasteiger partial charge is 0.306 e. The third-order valence-corrected chi connectivity index (χ3v) is 8.08. The zero-order chi connectivity index (χ0) is 32.0. The number of hydrogen-bond donors (Lipinski definition) is 3. The molecule has 0 unspecified atom stereocenters. The van der Waals surface area contributed by atoms with Crippen LogP contribution in [0.5, 0.6) is 23.0 Å². The molecule has 2 heterocycles. The van der Waals surface area contributed by atoms with E-state index in [9.17, 15) is 24.6 Å². The summed E-state index contributed by atoms with van der Waals surface area (Å²) >= 11 is 0. The summed E-state index contributed by atoms with van der Waals surface area (Å²) in [6.45, 7) is 5.67. The summed E-state index contributed by atoms with van der Waals surface area (Å²) in [5.41, 5.74) is 3.84. The molecule has 0 radical (unpaired) electrons. The molecule has 2 aromatic carbocycles. The minimum atomic E-state index is -1.53. The lowest BCUT2D eigenvalue weighted by atomic mass is 10.1. The molecule has 0 spiro atoms. The van der Waals surface area contributed by atoms with Crippen LogP contribution in [0.25, 0.3) is 0 Å². The number of aliphatic hydroxyl groups excluding tert-OH is 1. The highest BCUT2D eigenvalue weighted by Gasteiger charge is 2.29. The first-order valence-electron chi connectivity index (χ1n) is 14.8. The summed E-state index contributed by atoms with van der Waals surface area (Å²) in [5, 5.41) is 27.8. The Morgan fingerprint density at radius 2 is 1.09 bits per heavy atom. The van der Waals surface area contributed by atoms with Gasteiger partial charge in [0.25, 0.3) is 0 Å². The number of ether oxygens (including phenoxy) is 4. The van der Waals surface area contributed by atoms with Crippen LogP contribution in [0.3, 0.4) is 0 Å².